The number of ketones is 1. The first kappa shape index (κ1) is 26.5. The molecule has 0 saturated carbocycles. The third kappa shape index (κ3) is 6.13. The summed E-state index contributed by atoms with van der Waals surface area (Å²) in [4.78, 5) is 25.9. The van der Waals surface area contributed by atoms with Crippen molar-refractivity contribution in [3.63, 3.8) is 0 Å². The van der Waals surface area contributed by atoms with Crippen molar-refractivity contribution in [2.75, 3.05) is 27.5 Å². The van der Waals surface area contributed by atoms with Gasteiger partial charge in [0.25, 0.3) is 0 Å². The molecule has 0 bridgehead atoms. The maximum Gasteiger partial charge on any atom is 0.337 e. The first-order chi connectivity index (χ1) is 16.9. The van der Waals surface area contributed by atoms with Gasteiger partial charge in [-0.25, -0.2) is 0 Å². The molecule has 0 fully saturated rings. The molecule has 0 amide bonds. The Kier molecular flexibility index (Phi) is 9.13. The van der Waals surface area contributed by atoms with E-state index < -0.39 is 37.1 Å². The molecular formula is C27H30NO6P. The summed E-state index contributed by atoms with van der Waals surface area (Å²) in [6.07, 6.45) is -0.720. The highest BCUT2D eigenvalue weighted by Crippen LogP contribution is 2.46. The van der Waals surface area contributed by atoms with Gasteiger partial charge >= 0.3 is 13.6 Å². The fourth-order valence-electron chi connectivity index (χ4n) is 4.12. The van der Waals surface area contributed by atoms with Crippen LogP contribution in [-0.2, 0) is 33.5 Å². The molecule has 0 spiro atoms. The SMILES string of the molecule is COC(=O)[C@H](CC(=O)CP(=O)(OC)OC)NC(c1ccccc1)(c1ccccc1)c1ccccc1. The van der Waals surface area contributed by atoms with Gasteiger partial charge in [0.1, 0.15) is 18.0 Å². The van der Waals surface area contributed by atoms with Crippen molar-refractivity contribution in [2.45, 2.75) is 18.0 Å². The minimum atomic E-state index is -3.59. The largest absolute Gasteiger partial charge is 0.468 e. The molecule has 0 heterocycles. The Balaban J connectivity index is 2.14. The van der Waals surface area contributed by atoms with Gasteiger partial charge in [-0.2, -0.15) is 0 Å². The lowest BCUT2D eigenvalue weighted by molar-refractivity contribution is -0.145. The summed E-state index contributed by atoms with van der Waals surface area (Å²) in [5.74, 6) is -1.07. The third-order valence-electron chi connectivity index (χ3n) is 5.85. The number of esters is 1. The number of Topliss-reactive ketones (excluding diaryl/α,β-unsaturated/α-hetero) is 1. The summed E-state index contributed by atoms with van der Waals surface area (Å²) in [5.41, 5.74) is 1.63. The molecule has 3 aromatic rings. The quantitative estimate of drug-likeness (QED) is 0.224. The first-order valence-corrected chi connectivity index (χ1v) is 12.9. The Labute approximate surface area is 206 Å². The van der Waals surface area contributed by atoms with E-state index in [1.54, 1.807) is 0 Å². The molecule has 0 radical (unpaired) electrons. The van der Waals surface area contributed by atoms with Crippen LogP contribution in [0.5, 0.6) is 0 Å². The van der Waals surface area contributed by atoms with Crippen molar-refractivity contribution >= 4 is 19.3 Å². The van der Waals surface area contributed by atoms with Gasteiger partial charge in [0, 0.05) is 20.6 Å². The van der Waals surface area contributed by atoms with Crippen molar-refractivity contribution < 1.29 is 27.9 Å². The van der Waals surface area contributed by atoms with Crippen LogP contribution in [0.4, 0.5) is 0 Å². The van der Waals surface area contributed by atoms with Crippen molar-refractivity contribution in [3.8, 4) is 0 Å². The lowest BCUT2D eigenvalue weighted by Crippen LogP contribution is -2.53. The maximum absolute atomic E-state index is 13.0. The van der Waals surface area contributed by atoms with Crippen LogP contribution in [-0.4, -0.2) is 45.3 Å². The summed E-state index contributed by atoms with van der Waals surface area (Å²) < 4.78 is 27.4. The highest BCUT2D eigenvalue weighted by atomic mass is 31.2. The number of ether oxygens (including phenoxy) is 1. The Morgan fingerprint density at radius 2 is 1.17 bits per heavy atom. The van der Waals surface area contributed by atoms with Gasteiger partial charge in [-0.1, -0.05) is 91.0 Å². The second-order valence-electron chi connectivity index (χ2n) is 7.95. The van der Waals surface area contributed by atoms with Crippen LogP contribution in [0.1, 0.15) is 23.1 Å². The molecule has 1 N–H and O–H groups in total. The molecule has 35 heavy (non-hydrogen) atoms. The first-order valence-electron chi connectivity index (χ1n) is 11.1. The summed E-state index contributed by atoms with van der Waals surface area (Å²) >= 11 is 0. The zero-order chi connectivity index (χ0) is 25.3. The van der Waals surface area contributed by atoms with Crippen molar-refractivity contribution in [1.29, 1.82) is 0 Å². The molecule has 8 heteroatoms. The molecule has 3 rings (SSSR count). The highest BCUT2D eigenvalue weighted by Gasteiger charge is 2.41. The lowest BCUT2D eigenvalue weighted by Gasteiger charge is -2.39. The van der Waals surface area contributed by atoms with Gasteiger partial charge in [-0.3, -0.25) is 19.5 Å². The van der Waals surface area contributed by atoms with Crippen molar-refractivity contribution in [2.24, 2.45) is 0 Å². The van der Waals surface area contributed by atoms with Crippen LogP contribution in [0.3, 0.4) is 0 Å². The molecule has 0 aliphatic heterocycles. The number of rotatable bonds is 12. The number of benzene rings is 3. The van der Waals surface area contributed by atoms with E-state index in [1.807, 2.05) is 91.0 Å². The molecule has 0 saturated heterocycles. The minimum Gasteiger partial charge on any atom is -0.468 e. The van der Waals surface area contributed by atoms with E-state index in [4.69, 9.17) is 13.8 Å². The second-order valence-corrected chi connectivity index (χ2v) is 10.2. The molecule has 0 unspecified atom stereocenters. The number of hydrogen-bond acceptors (Lipinski definition) is 7. The monoisotopic (exact) mass is 495 g/mol. The molecular weight excluding hydrogens is 465 g/mol. The van der Waals surface area contributed by atoms with E-state index in [-0.39, 0.29) is 6.42 Å². The van der Waals surface area contributed by atoms with Gasteiger partial charge in [0.2, 0.25) is 0 Å². The zero-order valence-corrected chi connectivity index (χ0v) is 20.9. The molecule has 1 atom stereocenters. The minimum absolute atomic E-state index is 0.266. The molecule has 3 aromatic carbocycles. The standard InChI is InChI=1S/C27H30NO6P/c1-32-26(30)25(19-24(29)20-35(31,33-2)34-3)28-27(21-13-7-4-8-14-21,22-15-9-5-10-16-22)23-17-11-6-12-18-23/h4-18,25,28H,19-20H2,1-3H3/t25-/m0/s1. The number of methoxy groups -OCH3 is 1. The van der Waals surface area contributed by atoms with Crippen LogP contribution in [0.25, 0.3) is 0 Å². The van der Waals surface area contributed by atoms with Crippen LogP contribution in [0.2, 0.25) is 0 Å². The summed E-state index contributed by atoms with van der Waals surface area (Å²) in [5, 5.41) is 3.45. The summed E-state index contributed by atoms with van der Waals surface area (Å²) in [6, 6.07) is 28.0. The topological polar surface area (TPSA) is 90.9 Å². The van der Waals surface area contributed by atoms with Gasteiger partial charge in [0.15, 0.2) is 0 Å². The summed E-state index contributed by atoms with van der Waals surface area (Å²) in [7, 11) is 0.125. The molecule has 0 aromatic heterocycles. The lowest BCUT2D eigenvalue weighted by atomic mass is 9.76. The Hall–Kier alpha value is -3.09. The maximum atomic E-state index is 13.0. The van der Waals surface area contributed by atoms with E-state index in [0.717, 1.165) is 16.7 Å². The van der Waals surface area contributed by atoms with Gasteiger partial charge in [-0.15, -0.1) is 0 Å². The molecule has 0 aliphatic carbocycles. The van der Waals surface area contributed by atoms with Gasteiger partial charge in [-0.05, 0) is 16.7 Å². The second kappa shape index (κ2) is 12.0. The van der Waals surface area contributed by atoms with E-state index >= 15 is 0 Å². The normalized spacial score (nSPS) is 12.7. The van der Waals surface area contributed by atoms with Crippen LogP contribution >= 0.6 is 7.60 Å². The number of carbonyl (C=O) groups is 2. The summed E-state index contributed by atoms with van der Waals surface area (Å²) in [6.45, 7) is 0. The number of hydrogen-bond donors (Lipinski definition) is 1. The number of nitrogens with one attached hydrogen (secondary N) is 1. The van der Waals surface area contributed by atoms with Crippen LogP contribution < -0.4 is 5.32 Å². The predicted octanol–water partition coefficient (Wildman–Crippen LogP) is 4.55. The van der Waals surface area contributed by atoms with Crippen LogP contribution in [0.15, 0.2) is 91.0 Å². The molecule has 7 nitrogen and oxygen atoms in total. The van der Waals surface area contributed by atoms with Crippen molar-refractivity contribution in [1.82, 2.24) is 5.32 Å². The Bertz CT molecular complexity index is 1050. The Morgan fingerprint density at radius 3 is 1.51 bits per heavy atom. The van der Waals surface area contributed by atoms with Gasteiger partial charge < -0.3 is 13.8 Å². The fourth-order valence-corrected chi connectivity index (χ4v) is 5.09. The predicted molar refractivity (Wildman–Crippen MR) is 134 cm³/mol. The van der Waals surface area contributed by atoms with Crippen molar-refractivity contribution in [3.05, 3.63) is 108 Å². The van der Waals surface area contributed by atoms with E-state index in [2.05, 4.69) is 5.32 Å². The zero-order valence-electron chi connectivity index (χ0n) is 20.0. The average Bonchev–Trinajstić information content (AvgIpc) is 2.92. The highest BCUT2D eigenvalue weighted by molar-refractivity contribution is 7.54. The van der Waals surface area contributed by atoms with E-state index in [1.165, 1.54) is 21.3 Å². The fraction of sp³-hybridized carbons (Fsp3) is 0.259. The van der Waals surface area contributed by atoms with Gasteiger partial charge in [0.05, 0.1) is 12.6 Å². The Morgan fingerprint density at radius 1 is 0.771 bits per heavy atom. The van der Waals surface area contributed by atoms with Crippen LogP contribution in [0, 0.1) is 0 Å². The van der Waals surface area contributed by atoms with E-state index in [9.17, 15) is 14.2 Å². The molecule has 0 aliphatic rings. The number of carbonyl (C=O) groups excluding carboxylic acids is 2. The molecule has 184 valence electrons. The third-order valence-corrected chi connectivity index (χ3v) is 7.71. The van der Waals surface area contributed by atoms with E-state index in [0.29, 0.717) is 0 Å². The average molecular weight is 496 g/mol. The smallest absolute Gasteiger partial charge is 0.337 e.